The molecule has 0 unspecified atom stereocenters. The van der Waals surface area contributed by atoms with Crippen LogP contribution in [-0.4, -0.2) is 41.5 Å². The Kier molecular flexibility index (Phi) is 3.35. The molecule has 0 aromatic carbocycles. The molecule has 0 bridgehead atoms. The van der Waals surface area contributed by atoms with Gasteiger partial charge in [0.25, 0.3) is 0 Å². The fourth-order valence-electron chi connectivity index (χ4n) is 1.73. The molecule has 2 heterocycles. The molecule has 1 aliphatic rings. The van der Waals surface area contributed by atoms with Crippen molar-refractivity contribution < 1.29 is 24.2 Å². The molecule has 94 valence electrons. The van der Waals surface area contributed by atoms with Gasteiger partial charge in [0.1, 0.15) is 0 Å². The lowest BCUT2D eigenvalue weighted by molar-refractivity contribution is -0.0545. The summed E-state index contributed by atoms with van der Waals surface area (Å²) in [5.74, 6) is -0.878. The fourth-order valence-corrected chi connectivity index (χ4v) is 1.73. The number of nitrogens with one attached hydrogen (secondary N) is 1. The highest BCUT2D eigenvalue weighted by molar-refractivity contribution is 5.84. The zero-order valence-electron chi connectivity index (χ0n) is 9.31. The van der Waals surface area contributed by atoms with Gasteiger partial charge < -0.3 is 24.7 Å². The van der Waals surface area contributed by atoms with E-state index in [-0.39, 0.29) is 5.76 Å². The Morgan fingerprint density at radius 2 is 2.12 bits per heavy atom. The van der Waals surface area contributed by atoms with Crippen LogP contribution < -0.4 is 5.32 Å². The van der Waals surface area contributed by atoms with Gasteiger partial charge in [-0.3, -0.25) is 0 Å². The molecule has 6 nitrogen and oxygen atoms in total. The molecule has 1 aromatic rings. The van der Waals surface area contributed by atoms with Crippen molar-refractivity contribution in [2.24, 2.45) is 0 Å². The van der Waals surface area contributed by atoms with Gasteiger partial charge in [0.2, 0.25) is 5.76 Å². The highest BCUT2D eigenvalue weighted by Gasteiger charge is 2.29. The van der Waals surface area contributed by atoms with Crippen molar-refractivity contribution in [2.45, 2.75) is 18.4 Å². The highest BCUT2D eigenvalue weighted by Crippen LogP contribution is 2.22. The molecule has 0 atom stereocenters. The number of aromatic carboxylic acids is 1. The van der Waals surface area contributed by atoms with Crippen LogP contribution in [0.2, 0.25) is 0 Å². The normalized spacial score (nSPS) is 18.9. The largest absolute Gasteiger partial charge is 0.475 e. The first-order valence-electron chi connectivity index (χ1n) is 5.46. The third-order valence-corrected chi connectivity index (χ3v) is 2.83. The van der Waals surface area contributed by atoms with Gasteiger partial charge in [-0.2, -0.15) is 0 Å². The van der Waals surface area contributed by atoms with Crippen molar-refractivity contribution in [3.63, 3.8) is 0 Å². The second-order valence-electron chi connectivity index (χ2n) is 4.16. The number of carbonyl (C=O) groups is 1. The van der Waals surface area contributed by atoms with Gasteiger partial charge in [-0.25, -0.2) is 4.79 Å². The number of carboxylic acid groups (broad SMARTS) is 1. The third kappa shape index (κ3) is 2.98. The second-order valence-corrected chi connectivity index (χ2v) is 4.16. The van der Waals surface area contributed by atoms with Crippen LogP contribution in [0.5, 0.6) is 0 Å². The maximum Gasteiger partial charge on any atom is 0.371 e. The van der Waals surface area contributed by atoms with E-state index in [0.717, 1.165) is 0 Å². The van der Waals surface area contributed by atoms with Crippen molar-refractivity contribution >= 4 is 11.9 Å². The van der Waals surface area contributed by atoms with E-state index < -0.39 is 11.6 Å². The molecule has 0 spiro atoms. The van der Waals surface area contributed by atoms with Crippen molar-refractivity contribution in [3.05, 3.63) is 17.9 Å². The van der Waals surface area contributed by atoms with Gasteiger partial charge in [0.05, 0.1) is 5.60 Å². The first kappa shape index (κ1) is 11.9. The van der Waals surface area contributed by atoms with Crippen LogP contribution in [0.4, 0.5) is 5.88 Å². The van der Waals surface area contributed by atoms with Gasteiger partial charge in [0, 0.05) is 38.7 Å². The molecule has 1 fully saturated rings. The predicted octanol–water partition coefficient (Wildman–Crippen LogP) is 0.931. The molecular weight excluding hydrogens is 226 g/mol. The summed E-state index contributed by atoms with van der Waals surface area (Å²) >= 11 is 0. The Morgan fingerprint density at radius 1 is 1.41 bits per heavy atom. The van der Waals surface area contributed by atoms with E-state index in [0.29, 0.717) is 38.5 Å². The number of anilines is 1. The number of carboxylic acids is 1. The second kappa shape index (κ2) is 4.77. The van der Waals surface area contributed by atoms with Crippen LogP contribution in [0.25, 0.3) is 0 Å². The smallest absolute Gasteiger partial charge is 0.371 e. The highest BCUT2D eigenvalue weighted by atomic mass is 16.5. The third-order valence-electron chi connectivity index (χ3n) is 2.83. The summed E-state index contributed by atoms with van der Waals surface area (Å²) in [6.07, 6.45) is 1.12. The first-order chi connectivity index (χ1) is 8.09. The van der Waals surface area contributed by atoms with Crippen LogP contribution >= 0.6 is 0 Å². The van der Waals surface area contributed by atoms with E-state index >= 15 is 0 Å². The van der Waals surface area contributed by atoms with Gasteiger partial charge in [0.15, 0.2) is 5.88 Å². The van der Waals surface area contributed by atoms with Crippen LogP contribution in [0.15, 0.2) is 16.5 Å². The number of ether oxygens (including phenoxy) is 1. The number of rotatable bonds is 4. The fraction of sp³-hybridized carbons (Fsp3) is 0.545. The van der Waals surface area contributed by atoms with Gasteiger partial charge in [-0.05, 0) is 6.07 Å². The van der Waals surface area contributed by atoms with Crippen molar-refractivity contribution in [2.75, 3.05) is 25.1 Å². The van der Waals surface area contributed by atoms with E-state index in [9.17, 15) is 9.90 Å². The van der Waals surface area contributed by atoms with E-state index in [1.165, 1.54) is 12.1 Å². The molecule has 1 aromatic heterocycles. The molecule has 0 aliphatic carbocycles. The summed E-state index contributed by atoms with van der Waals surface area (Å²) in [4.78, 5) is 10.6. The van der Waals surface area contributed by atoms with Crippen LogP contribution in [0.1, 0.15) is 23.4 Å². The molecule has 1 aliphatic heterocycles. The van der Waals surface area contributed by atoms with Crippen molar-refractivity contribution in [1.29, 1.82) is 0 Å². The lowest BCUT2D eigenvalue weighted by atomic mass is 9.94. The number of hydrogen-bond donors (Lipinski definition) is 3. The van der Waals surface area contributed by atoms with Crippen LogP contribution in [-0.2, 0) is 4.74 Å². The summed E-state index contributed by atoms with van der Waals surface area (Å²) in [6.45, 7) is 1.40. The molecule has 6 heteroatoms. The Morgan fingerprint density at radius 3 is 2.71 bits per heavy atom. The van der Waals surface area contributed by atoms with Gasteiger partial charge >= 0.3 is 5.97 Å². The minimum Gasteiger partial charge on any atom is -0.475 e. The molecule has 0 amide bonds. The summed E-state index contributed by atoms with van der Waals surface area (Å²) in [5.41, 5.74) is -0.811. The minimum absolute atomic E-state index is 0.119. The monoisotopic (exact) mass is 241 g/mol. The molecular formula is C11H15NO5. The predicted molar refractivity (Wildman–Crippen MR) is 59.2 cm³/mol. The molecule has 0 radical (unpaired) electrons. The summed E-state index contributed by atoms with van der Waals surface area (Å²) < 4.78 is 10.2. The van der Waals surface area contributed by atoms with Gasteiger partial charge in [-0.15, -0.1) is 0 Å². The molecule has 0 saturated carbocycles. The van der Waals surface area contributed by atoms with E-state index in [4.69, 9.17) is 14.3 Å². The standard InChI is InChI=1S/C11H15NO5/c13-10(14)8-1-2-9(17-8)12-7-11(15)3-5-16-6-4-11/h1-2,12,15H,3-7H2,(H,13,14). The van der Waals surface area contributed by atoms with E-state index in [1.54, 1.807) is 0 Å². The molecule has 3 N–H and O–H groups in total. The average molecular weight is 241 g/mol. The zero-order valence-corrected chi connectivity index (χ0v) is 9.31. The lowest BCUT2D eigenvalue weighted by Crippen LogP contribution is -2.42. The van der Waals surface area contributed by atoms with Crippen LogP contribution in [0, 0.1) is 0 Å². The van der Waals surface area contributed by atoms with Crippen molar-refractivity contribution in [3.8, 4) is 0 Å². The SMILES string of the molecule is O=C(O)c1ccc(NCC2(O)CCOCC2)o1. The summed E-state index contributed by atoms with van der Waals surface area (Å²) in [7, 11) is 0. The number of aliphatic hydroxyl groups is 1. The summed E-state index contributed by atoms with van der Waals surface area (Å²) in [6, 6.07) is 2.91. The Labute approximate surface area is 98.2 Å². The van der Waals surface area contributed by atoms with Crippen LogP contribution in [0.3, 0.4) is 0 Å². The maximum absolute atomic E-state index is 10.6. The first-order valence-corrected chi connectivity index (χ1v) is 5.46. The Bertz CT molecular complexity index is 394. The maximum atomic E-state index is 10.6. The lowest BCUT2D eigenvalue weighted by Gasteiger charge is -2.31. The number of hydrogen-bond acceptors (Lipinski definition) is 5. The number of furan rings is 1. The molecule has 2 rings (SSSR count). The van der Waals surface area contributed by atoms with E-state index in [1.807, 2.05) is 0 Å². The average Bonchev–Trinajstić information content (AvgIpc) is 2.76. The van der Waals surface area contributed by atoms with Crippen molar-refractivity contribution in [1.82, 2.24) is 0 Å². The topological polar surface area (TPSA) is 91.9 Å². The minimum atomic E-state index is -1.11. The quantitative estimate of drug-likeness (QED) is 0.726. The van der Waals surface area contributed by atoms with Gasteiger partial charge in [-0.1, -0.05) is 0 Å². The van der Waals surface area contributed by atoms with E-state index in [2.05, 4.69) is 5.32 Å². The molecule has 17 heavy (non-hydrogen) atoms. The Hall–Kier alpha value is -1.53. The Balaban J connectivity index is 1.90. The molecule has 1 saturated heterocycles. The zero-order chi connectivity index (χ0) is 12.3. The summed E-state index contributed by atoms with van der Waals surface area (Å²) in [5, 5.41) is 21.7.